The fraction of sp³-hybridized carbons (Fsp3) is 0.444. The van der Waals surface area contributed by atoms with E-state index in [0.717, 1.165) is 41.8 Å². The van der Waals surface area contributed by atoms with Gasteiger partial charge < -0.3 is 5.32 Å². The van der Waals surface area contributed by atoms with E-state index in [2.05, 4.69) is 31.3 Å². The summed E-state index contributed by atoms with van der Waals surface area (Å²) in [5, 5.41) is 3.61. The summed E-state index contributed by atoms with van der Waals surface area (Å²) in [6, 6.07) is 9.96. The molecule has 0 bridgehead atoms. The lowest BCUT2D eigenvalue weighted by Crippen LogP contribution is -2.21. The third kappa shape index (κ3) is 4.39. The number of thiophene rings is 1. The summed E-state index contributed by atoms with van der Waals surface area (Å²) in [7, 11) is 0. The standard InChI is InChI=1S/C18H24FNS/c1-4-6-16(20-9-5-2)18-8-7-17(21-18)14-10-13(3)11-15(19)12-14/h7-8,10-12,16,20H,4-6,9H2,1-3H3. The zero-order valence-electron chi connectivity index (χ0n) is 13.1. The second-order valence-corrected chi connectivity index (χ2v) is 6.63. The molecule has 3 heteroatoms. The Morgan fingerprint density at radius 3 is 2.62 bits per heavy atom. The number of hydrogen-bond acceptors (Lipinski definition) is 2. The minimum absolute atomic E-state index is 0.158. The van der Waals surface area contributed by atoms with Crippen LogP contribution in [0, 0.1) is 12.7 Å². The monoisotopic (exact) mass is 305 g/mol. The second kappa shape index (κ2) is 7.71. The molecule has 0 aliphatic rings. The quantitative estimate of drug-likeness (QED) is 0.691. The van der Waals surface area contributed by atoms with E-state index in [9.17, 15) is 4.39 Å². The lowest BCUT2D eigenvalue weighted by molar-refractivity contribution is 0.501. The molecule has 0 saturated heterocycles. The highest BCUT2D eigenvalue weighted by Crippen LogP contribution is 2.33. The average Bonchev–Trinajstić information content (AvgIpc) is 2.92. The van der Waals surface area contributed by atoms with Gasteiger partial charge >= 0.3 is 0 Å². The third-order valence-corrected chi connectivity index (χ3v) is 4.76. The van der Waals surface area contributed by atoms with Crippen LogP contribution >= 0.6 is 11.3 Å². The fourth-order valence-corrected chi connectivity index (χ4v) is 3.63. The van der Waals surface area contributed by atoms with Crippen molar-refractivity contribution in [2.24, 2.45) is 0 Å². The van der Waals surface area contributed by atoms with E-state index in [4.69, 9.17) is 0 Å². The maximum atomic E-state index is 13.6. The van der Waals surface area contributed by atoms with Crippen LogP contribution in [0.5, 0.6) is 0 Å². The van der Waals surface area contributed by atoms with Crippen LogP contribution in [0.4, 0.5) is 4.39 Å². The van der Waals surface area contributed by atoms with Gasteiger partial charge in [-0.2, -0.15) is 0 Å². The van der Waals surface area contributed by atoms with E-state index in [1.54, 1.807) is 23.5 Å². The molecule has 0 saturated carbocycles. The van der Waals surface area contributed by atoms with Crippen LogP contribution < -0.4 is 5.32 Å². The summed E-state index contributed by atoms with van der Waals surface area (Å²) >= 11 is 1.77. The van der Waals surface area contributed by atoms with Gasteiger partial charge in [0.25, 0.3) is 0 Å². The molecule has 0 aliphatic heterocycles. The van der Waals surface area contributed by atoms with Gasteiger partial charge in [0.2, 0.25) is 0 Å². The highest BCUT2D eigenvalue weighted by molar-refractivity contribution is 7.15. The van der Waals surface area contributed by atoms with Crippen LogP contribution in [0.1, 0.15) is 49.6 Å². The molecule has 1 unspecified atom stereocenters. The van der Waals surface area contributed by atoms with Crippen LogP contribution in [0.3, 0.4) is 0 Å². The maximum Gasteiger partial charge on any atom is 0.124 e. The lowest BCUT2D eigenvalue weighted by Gasteiger charge is -2.16. The Labute approximate surface area is 131 Å². The Morgan fingerprint density at radius 2 is 1.95 bits per heavy atom. The van der Waals surface area contributed by atoms with Gasteiger partial charge in [-0.15, -0.1) is 11.3 Å². The molecule has 21 heavy (non-hydrogen) atoms. The number of benzene rings is 1. The number of nitrogens with one attached hydrogen (secondary N) is 1. The largest absolute Gasteiger partial charge is 0.309 e. The highest BCUT2D eigenvalue weighted by atomic mass is 32.1. The molecule has 0 aliphatic carbocycles. The van der Waals surface area contributed by atoms with Crippen LogP contribution in [0.2, 0.25) is 0 Å². The average molecular weight is 305 g/mol. The first-order valence-corrected chi connectivity index (χ1v) is 8.56. The molecule has 1 atom stereocenters. The Kier molecular flexibility index (Phi) is 5.95. The summed E-state index contributed by atoms with van der Waals surface area (Å²) in [6.07, 6.45) is 3.44. The summed E-state index contributed by atoms with van der Waals surface area (Å²) in [6.45, 7) is 7.37. The van der Waals surface area contributed by atoms with Gasteiger partial charge in [0.15, 0.2) is 0 Å². The van der Waals surface area contributed by atoms with Crippen molar-refractivity contribution in [1.29, 1.82) is 0 Å². The SMILES string of the molecule is CCCNC(CCC)c1ccc(-c2cc(C)cc(F)c2)s1. The Morgan fingerprint density at radius 1 is 1.14 bits per heavy atom. The molecule has 1 heterocycles. The number of hydrogen-bond donors (Lipinski definition) is 1. The Bertz CT molecular complexity index is 556. The molecular weight excluding hydrogens is 281 g/mol. The molecular formula is C18H24FNS. The van der Waals surface area contributed by atoms with Crippen LogP contribution in [-0.4, -0.2) is 6.54 Å². The van der Waals surface area contributed by atoms with Gasteiger partial charge in [0, 0.05) is 15.8 Å². The molecule has 1 aromatic carbocycles. The van der Waals surface area contributed by atoms with E-state index in [1.165, 1.54) is 4.88 Å². The molecule has 0 fully saturated rings. The van der Waals surface area contributed by atoms with Gasteiger partial charge in [-0.05, 0) is 61.7 Å². The Hall–Kier alpha value is -1.19. The zero-order valence-corrected chi connectivity index (χ0v) is 13.9. The lowest BCUT2D eigenvalue weighted by atomic mass is 10.1. The molecule has 2 rings (SSSR count). The van der Waals surface area contributed by atoms with E-state index in [-0.39, 0.29) is 5.82 Å². The third-order valence-electron chi connectivity index (χ3n) is 3.51. The predicted molar refractivity (Wildman–Crippen MR) is 90.4 cm³/mol. The minimum atomic E-state index is -0.158. The van der Waals surface area contributed by atoms with Crippen molar-refractivity contribution in [2.75, 3.05) is 6.54 Å². The molecule has 0 radical (unpaired) electrons. The summed E-state index contributed by atoms with van der Waals surface area (Å²) in [5.74, 6) is -0.158. The highest BCUT2D eigenvalue weighted by Gasteiger charge is 2.13. The van der Waals surface area contributed by atoms with E-state index >= 15 is 0 Å². The van der Waals surface area contributed by atoms with Gasteiger partial charge in [-0.1, -0.05) is 26.3 Å². The summed E-state index contributed by atoms with van der Waals surface area (Å²) < 4.78 is 13.6. The molecule has 114 valence electrons. The summed E-state index contributed by atoms with van der Waals surface area (Å²) in [4.78, 5) is 2.49. The molecule has 2 aromatic rings. The second-order valence-electron chi connectivity index (χ2n) is 5.51. The van der Waals surface area contributed by atoms with Crippen LogP contribution in [0.25, 0.3) is 10.4 Å². The molecule has 0 amide bonds. The first-order valence-electron chi connectivity index (χ1n) is 7.74. The van der Waals surface area contributed by atoms with Crippen molar-refractivity contribution >= 4 is 11.3 Å². The zero-order chi connectivity index (χ0) is 15.2. The molecule has 1 nitrogen and oxygen atoms in total. The van der Waals surface area contributed by atoms with Crippen molar-refractivity contribution in [3.8, 4) is 10.4 Å². The Balaban J connectivity index is 2.22. The number of halogens is 1. The van der Waals surface area contributed by atoms with Gasteiger partial charge in [-0.3, -0.25) is 0 Å². The normalized spacial score (nSPS) is 12.6. The van der Waals surface area contributed by atoms with Gasteiger partial charge in [0.1, 0.15) is 5.82 Å². The van der Waals surface area contributed by atoms with Crippen LogP contribution in [0.15, 0.2) is 30.3 Å². The predicted octanol–water partition coefficient (Wildman–Crippen LogP) is 5.70. The molecule has 1 N–H and O–H groups in total. The molecule has 1 aromatic heterocycles. The molecule has 0 spiro atoms. The fourth-order valence-electron chi connectivity index (χ4n) is 2.53. The van der Waals surface area contributed by atoms with E-state index in [0.29, 0.717) is 6.04 Å². The number of rotatable bonds is 7. The first-order chi connectivity index (χ1) is 10.1. The van der Waals surface area contributed by atoms with Crippen molar-refractivity contribution < 1.29 is 4.39 Å². The number of aryl methyl sites for hydroxylation is 1. The van der Waals surface area contributed by atoms with Crippen molar-refractivity contribution in [2.45, 2.75) is 46.1 Å². The van der Waals surface area contributed by atoms with Gasteiger partial charge in [-0.25, -0.2) is 4.39 Å². The minimum Gasteiger partial charge on any atom is -0.309 e. The van der Waals surface area contributed by atoms with Gasteiger partial charge in [0.05, 0.1) is 0 Å². The maximum absolute atomic E-state index is 13.6. The van der Waals surface area contributed by atoms with Crippen molar-refractivity contribution in [1.82, 2.24) is 5.32 Å². The van der Waals surface area contributed by atoms with Crippen molar-refractivity contribution in [3.05, 3.63) is 46.6 Å². The van der Waals surface area contributed by atoms with E-state index in [1.807, 2.05) is 13.0 Å². The van der Waals surface area contributed by atoms with Crippen molar-refractivity contribution in [3.63, 3.8) is 0 Å². The smallest absolute Gasteiger partial charge is 0.124 e. The van der Waals surface area contributed by atoms with E-state index < -0.39 is 0 Å². The summed E-state index contributed by atoms with van der Waals surface area (Å²) in [5.41, 5.74) is 1.95. The topological polar surface area (TPSA) is 12.0 Å². The first kappa shape index (κ1) is 16.2. The van der Waals surface area contributed by atoms with Crippen LogP contribution in [-0.2, 0) is 0 Å².